The second-order valence-corrected chi connectivity index (χ2v) is 6.82. The molecule has 1 aliphatic heterocycles. The Labute approximate surface area is 129 Å². The number of piperidine rings is 1. The Morgan fingerprint density at radius 3 is 2.57 bits per heavy atom. The molecule has 2 aliphatic rings. The summed E-state index contributed by atoms with van der Waals surface area (Å²) in [5.41, 5.74) is 1.07. The third-order valence-electron chi connectivity index (χ3n) is 5.64. The largest absolute Gasteiger partial charge is 0.387 e. The molecular formula is C19H29NO. The number of rotatable bonds is 4. The van der Waals surface area contributed by atoms with Gasteiger partial charge in [0.1, 0.15) is 0 Å². The van der Waals surface area contributed by atoms with Crippen molar-refractivity contribution in [2.24, 2.45) is 5.92 Å². The van der Waals surface area contributed by atoms with Gasteiger partial charge >= 0.3 is 0 Å². The highest BCUT2D eigenvalue weighted by molar-refractivity contribution is 5.19. The van der Waals surface area contributed by atoms with E-state index in [0.717, 1.165) is 23.9 Å². The second-order valence-electron chi connectivity index (χ2n) is 6.82. The van der Waals surface area contributed by atoms with Crippen molar-refractivity contribution in [3.63, 3.8) is 0 Å². The molecule has 0 aromatic heterocycles. The Hall–Kier alpha value is -0.860. The highest BCUT2D eigenvalue weighted by atomic mass is 16.3. The zero-order valence-corrected chi connectivity index (χ0v) is 13.2. The maximum Gasteiger partial charge on any atom is 0.0945 e. The van der Waals surface area contributed by atoms with Crippen molar-refractivity contribution in [2.75, 3.05) is 6.54 Å². The van der Waals surface area contributed by atoms with Crippen LogP contribution in [0.2, 0.25) is 0 Å². The first kappa shape index (κ1) is 15.1. The second kappa shape index (κ2) is 6.93. The minimum atomic E-state index is -0.350. The highest BCUT2D eigenvalue weighted by Crippen LogP contribution is 2.38. The maximum absolute atomic E-state index is 10.9. The number of likely N-dealkylation sites (tertiary alicyclic amines) is 1. The van der Waals surface area contributed by atoms with Gasteiger partial charge in [-0.1, -0.05) is 50.1 Å². The molecule has 4 atom stereocenters. The number of benzene rings is 1. The topological polar surface area (TPSA) is 23.5 Å². The van der Waals surface area contributed by atoms with Gasteiger partial charge in [-0.05, 0) is 50.1 Å². The van der Waals surface area contributed by atoms with Crippen LogP contribution in [0, 0.1) is 5.92 Å². The van der Waals surface area contributed by atoms with Crippen LogP contribution in [0.3, 0.4) is 0 Å². The number of hydrogen-bond donors (Lipinski definition) is 1. The third kappa shape index (κ3) is 3.17. The van der Waals surface area contributed by atoms with Crippen molar-refractivity contribution in [1.82, 2.24) is 4.90 Å². The van der Waals surface area contributed by atoms with Crippen LogP contribution in [-0.2, 0) is 0 Å². The van der Waals surface area contributed by atoms with Crippen LogP contribution >= 0.6 is 0 Å². The lowest BCUT2D eigenvalue weighted by Gasteiger charge is -2.48. The van der Waals surface area contributed by atoms with Gasteiger partial charge < -0.3 is 5.11 Å². The van der Waals surface area contributed by atoms with Crippen LogP contribution in [0.25, 0.3) is 0 Å². The van der Waals surface area contributed by atoms with Crippen molar-refractivity contribution < 1.29 is 5.11 Å². The summed E-state index contributed by atoms with van der Waals surface area (Å²) in [5, 5.41) is 10.9. The first-order valence-electron chi connectivity index (χ1n) is 8.80. The molecular weight excluding hydrogens is 258 g/mol. The van der Waals surface area contributed by atoms with Gasteiger partial charge in [-0.25, -0.2) is 0 Å². The van der Waals surface area contributed by atoms with Gasteiger partial charge in [-0.15, -0.1) is 0 Å². The molecule has 1 saturated carbocycles. The van der Waals surface area contributed by atoms with E-state index >= 15 is 0 Å². The van der Waals surface area contributed by atoms with Crippen LogP contribution in [-0.4, -0.2) is 28.6 Å². The maximum atomic E-state index is 10.9. The van der Waals surface area contributed by atoms with E-state index in [9.17, 15) is 5.11 Å². The molecule has 0 radical (unpaired) electrons. The molecule has 116 valence electrons. The fourth-order valence-electron chi connectivity index (χ4n) is 4.59. The van der Waals surface area contributed by atoms with Crippen LogP contribution in [0.5, 0.6) is 0 Å². The van der Waals surface area contributed by atoms with Crippen molar-refractivity contribution >= 4 is 0 Å². The zero-order chi connectivity index (χ0) is 14.7. The monoisotopic (exact) mass is 287 g/mol. The molecule has 1 N–H and O–H groups in total. The number of nitrogens with zero attached hydrogens (tertiary/aromatic N) is 1. The summed E-state index contributed by atoms with van der Waals surface area (Å²) in [6.07, 6.45) is 8.90. The molecule has 2 heteroatoms. The van der Waals surface area contributed by atoms with Crippen LogP contribution in [0.15, 0.2) is 30.3 Å². The van der Waals surface area contributed by atoms with E-state index < -0.39 is 0 Å². The predicted octanol–water partition coefficient (Wildman–Crippen LogP) is 4.15. The number of aliphatic hydroxyl groups excluding tert-OH is 1. The van der Waals surface area contributed by atoms with Crippen LogP contribution in [0.1, 0.15) is 63.5 Å². The fraction of sp³-hybridized carbons (Fsp3) is 0.684. The summed E-state index contributed by atoms with van der Waals surface area (Å²) in [7, 11) is 0. The van der Waals surface area contributed by atoms with Crippen molar-refractivity contribution in [2.45, 2.75) is 70.1 Å². The quantitative estimate of drug-likeness (QED) is 0.899. The fourth-order valence-corrected chi connectivity index (χ4v) is 4.59. The molecule has 3 rings (SSSR count). The summed E-state index contributed by atoms with van der Waals surface area (Å²) in [6.45, 7) is 3.40. The van der Waals surface area contributed by atoms with E-state index in [2.05, 4.69) is 24.0 Å². The van der Waals surface area contributed by atoms with Crippen molar-refractivity contribution in [3.8, 4) is 0 Å². The van der Waals surface area contributed by atoms with Gasteiger partial charge in [0.25, 0.3) is 0 Å². The Balaban J connectivity index is 1.78. The number of aliphatic hydroxyl groups is 1. The lowest BCUT2D eigenvalue weighted by Crippen LogP contribution is -2.53. The molecule has 2 nitrogen and oxygen atoms in total. The molecule has 1 heterocycles. The Kier molecular flexibility index (Phi) is 4.97. The lowest BCUT2D eigenvalue weighted by atomic mass is 9.77. The first-order valence-corrected chi connectivity index (χ1v) is 8.80. The molecule has 1 saturated heterocycles. The molecule has 21 heavy (non-hydrogen) atoms. The number of fused-ring (bicyclic) bond motifs is 1. The van der Waals surface area contributed by atoms with E-state index in [4.69, 9.17) is 0 Å². The molecule has 1 aromatic carbocycles. The Morgan fingerprint density at radius 1 is 1.10 bits per heavy atom. The summed E-state index contributed by atoms with van der Waals surface area (Å²) in [6, 6.07) is 11.2. The standard InChI is InChI=1S/C19H29NO/c1-2-17(19(21)16-10-4-3-5-11-16)20-14-8-12-15-9-6-7-13-18(15)20/h3-5,10-11,15,17-19,21H,2,6-9,12-14H2,1H3/t15-,17?,18-,19?/m1/s1. The summed E-state index contributed by atoms with van der Waals surface area (Å²) >= 11 is 0. The van der Waals surface area contributed by atoms with Crippen molar-refractivity contribution in [3.05, 3.63) is 35.9 Å². The van der Waals surface area contributed by atoms with Gasteiger partial charge in [0.05, 0.1) is 6.10 Å². The van der Waals surface area contributed by atoms with Crippen molar-refractivity contribution in [1.29, 1.82) is 0 Å². The smallest absolute Gasteiger partial charge is 0.0945 e. The average Bonchev–Trinajstić information content (AvgIpc) is 2.56. The van der Waals surface area contributed by atoms with Gasteiger partial charge in [0, 0.05) is 12.1 Å². The summed E-state index contributed by atoms with van der Waals surface area (Å²) in [5.74, 6) is 0.879. The van der Waals surface area contributed by atoms with E-state index in [-0.39, 0.29) is 12.1 Å². The Bertz CT molecular complexity index is 430. The minimum Gasteiger partial charge on any atom is -0.387 e. The molecule has 1 aliphatic carbocycles. The van der Waals surface area contributed by atoms with Gasteiger partial charge in [-0.3, -0.25) is 4.90 Å². The first-order chi connectivity index (χ1) is 10.3. The van der Waals surface area contributed by atoms with E-state index in [1.54, 1.807) is 0 Å². The molecule has 2 fully saturated rings. The molecule has 2 unspecified atom stereocenters. The average molecular weight is 287 g/mol. The van der Waals surface area contributed by atoms with Gasteiger partial charge in [-0.2, -0.15) is 0 Å². The molecule has 0 bridgehead atoms. The molecule has 1 aromatic rings. The normalized spacial score (nSPS) is 29.6. The lowest BCUT2D eigenvalue weighted by molar-refractivity contribution is -0.0296. The van der Waals surface area contributed by atoms with E-state index in [1.807, 2.05) is 18.2 Å². The predicted molar refractivity (Wildman–Crippen MR) is 87.2 cm³/mol. The van der Waals surface area contributed by atoms with E-state index in [1.165, 1.54) is 45.1 Å². The number of hydrogen-bond acceptors (Lipinski definition) is 2. The SMILES string of the molecule is CCC(C(O)c1ccccc1)N1CCC[C@H]2CCCC[C@H]21. The molecule has 0 amide bonds. The van der Waals surface area contributed by atoms with Gasteiger partial charge in [0.15, 0.2) is 0 Å². The summed E-state index contributed by atoms with van der Waals surface area (Å²) in [4.78, 5) is 2.66. The minimum absolute atomic E-state index is 0.276. The Morgan fingerprint density at radius 2 is 1.81 bits per heavy atom. The van der Waals surface area contributed by atoms with Crippen LogP contribution in [0.4, 0.5) is 0 Å². The molecule has 0 spiro atoms. The third-order valence-corrected chi connectivity index (χ3v) is 5.64. The van der Waals surface area contributed by atoms with Gasteiger partial charge in [0.2, 0.25) is 0 Å². The zero-order valence-electron chi connectivity index (χ0n) is 13.2. The van der Waals surface area contributed by atoms with Crippen LogP contribution < -0.4 is 0 Å². The van der Waals surface area contributed by atoms with E-state index in [0.29, 0.717) is 0 Å². The summed E-state index contributed by atoms with van der Waals surface area (Å²) < 4.78 is 0. The highest BCUT2D eigenvalue weighted by Gasteiger charge is 2.38.